The Morgan fingerprint density at radius 1 is 1.32 bits per heavy atom. The molecule has 3 aliphatic rings. The highest BCUT2D eigenvalue weighted by Gasteiger charge is 2.52. The van der Waals surface area contributed by atoms with Crippen molar-refractivity contribution < 1.29 is 4.79 Å². The average Bonchev–Trinajstić information content (AvgIpc) is 3.16. The van der Waals surface area contributed by atoms with Gasteiger partial charge in [0.15, 0.2) is 0 Å². The molecule has 0 spiro atoms. The predicted molar refractivity (Wildman–Crippen MR) is 73.0 cm³/mol. The van der Waals surface area contributed by atoms with Crippen LogP contribution in [0.1, 0.15) is 41.6 Å². The molecule has 1 amide bonds. The molecule has 2 saturated carbocycles. The molecule has 0 unspecified atom stereocenters. The molecule has 4 nitrogen and oxygen atoms in total. The van der Waals surface area contributed by atoms with E-state index in [9.17, 15) is 4.79 Å². The fraction of sp³-hybridized carbons (Fsp3) is 0.786. The number of fused-ring (bicyclic) bond motifs is 5. The molecule has 4 atom stereocenters. The van der Waals surface area contributed by atoms with E-state index in [4.69, 9.17) is 0 Å². The highest BCUT2D eigenvalue weighted by molar-refractivity contribution is 7.08. The second-order valence-corrected chi connectivity index (χ2v) is 7.03. The zero-order chi connectivity index (χ0) is 13.0. The van der Waals surface area contributed by atoms with Crippen LogP contribution in [0.4, 0.5) is 0 Å². The SMILES string of the molecule is CCc1nnsc1C(=O)N1C[C@@H]2[C@@H]3CC[C@@H](C3)[C@@H]2C1. The van der Waals surface area contributed by atoms with Crippen molar-refractivity contribution in [3.8, 4) is 0 Å². The summed E-state index contributed by atoms with van der Waals surface area (Å²) >= 11 is 1.26. The molecular formula is C14H19N3OS. The van der Waals surface area contributed by atoms with Gasteiger partial charge in [0.1, 0.15) is 4.88 Å². The molecule has 0 aromatic carbocycles. The Morgan fingerprint density at radius 2 is 2.00 bits per heavy atom. The Kier molecular flexibility index (Phi) is 2.65. The van der Waals surface area contributed by atoms with Crippen molar-refractivity contribution in [2.24, 2.45) is 23.7 Å². The highest BCUT2D eigenvalue weighted by atomic mass is 32.1. The molecule has 5 heteroatoms. The van der Waals surface area contributed by atoms with Crippen LogP contribution in [-0.2, 0) is 6.42 Å². The summed E-state index contributed by atoms with van der Waals surface area (Å²) in [5.41, 5.74) is 0.870. The number of hydrogen-bond acceptors (Lipinski definition) is 4. The molecule has 3 fully saturated rings. The van der Waals surface area contributed by atoms with Crippen LogP contribution in [-0.4, -0.2) is 33.5 Å². The quantitative estimate of drug-likeness (QED) is 0.832. The third-order valence-corrected chi connectivity index (χ3v) is 6.27. The van der Waals surface area contributed by atoms with Gasteiger partial charge in [-0.3, -0.25) is 4.79 Å². The van der Waals surface area contributed by atoms with E-state index in [1.807, 2.05) is 6.92 Å². The fourth-order valence-electron chi connectivity index (χ4n) is 4.59. The number of carbonyl (C=O) groups excluding carboxylic acids is 1. The van der Waals surface area contributed by atoms with Gasteiger partial charge in [0.2, 0.25) is 0 Å². The first-order valence-corrected chi connectivity index (χ1v) is 8.15. The summed E-state index contributed by atoms with van der Waals surface area (Å²) in [5, 5.41) is 4.06. The van der Waals surface area contributed by atoms with Crippen LogP contribution >= 0.6 is 11.5 Å². The normalized spacial score (nSPS) is 35.9. The Bertz CT molecular complexity index is 497. The zero-order valence-corrected chi connectivity index (χ0v) is 12.0. The monoisotopic (exact) mass is 277 g/mol. The summed E-state index contributed by atoms with van der Waals surface area (Å²) in [6, 6.07) is 0. The summed E-state index contributed by atoms with van der Waals surface area (Å²) < 4.78 is 3.94. The molecule has 1 saturated heterocycles. The summed E-state index contributed by atoms with van der Waals surface area (Å²) in [5.74, 6) is 3.55. The van der Waals surface area contributed by atoms with Crippen LogP contribution in [0.25, 0.3) is 0 Å². The second kappa shape index (κ2) is 4.27. The van der Waals surface area contributed by atoms with E-state index >= 15 is 0 Å². The van der Waals surface area contributed by atoms with Gasteiger partial charge in [-0.15, -0.1) is 5.10 Å². The minimum atomic E-state index is 0.181. The minimum absolute atomic E-state index is 0.181. The van der Waals surface area contributed by atoms with Gasteiger partial charge in [-0.05, 0) is 60.9 Å². The number of aromatic nitrogens is 2. The first-order valence-electron chi connectivity index (χ1n) is 7.38. The maximum atomic E-state index is 12.6. The van der Waals surface area contributed by atoms with Crippen LogP contribution in [0, 0.1) is 23.7 Å². The van der Waals surface area contributed by atoms with Gasteiger partial charge in [0, 0.05) is 13.1 Å². The van der Waals surface area contributed by atoms with Gasteiger partial charge < -0.3 is 4.90 Å². The zero-order valence-electron chi connectivity index (χ0n) is 11.2. The first-order chi connectivity index (χ1) is 9.28. The van der Waals surface area contributed by atoms with Gasteiger partial charge in [-0.25, -0.2) is 0 Å². The third kappa shape index (κ3) is 1.67. The van der Waals surface area contributed by atoms with Crippen molar-refractivity contribution in [2.75, 3.05) is 13.1 Å². The van der Waals surface area contributed by atoms with Gasteiger partial charge >= 0.3 is 0 Å². The number of amides is 1. The Hall–Kier alpha value is -0.970. The summed E-state index contributed by atoms with van der Waals surface area (Å²) in [6.07, 6.45) is 5.02. The standard InChI is InChI=1S/C14H19N3OS/c1-2-12-13(19-16-15-12)14(18)17-6-10-8-3-4-9(5-8)11(10)7-17/h8-11H,2-7H2,1H3/t8-,9+,10-,11+. The van der Waals surface area contributed by atoms with E-state index in [1.54, 1.807) is 0 Å². The molecule has 2 bridgehead atoms. The first kappa shape index (κ1) is 11.8. The molecule has 0 radical (unpaired) electrons. The molecule has 102 valence electrons. The molecule has 2 heterocycles. The van der Waals surface area contributed by atoms with E-state index < -0.39 is 0 Å². The van der Waals surface area contributed by atoms with Crippen molar-refractivity contribution in [1.29, 1.82) is 0 Å². The largest absolute Gasteiger partial charge is 0.337 e. The van der Waals surface area contributed by atoms with Gasteiger partial charge in [0.05, 0.1) is 5.69 Å². The minimum Gasteiger partial charge on any atom is -0.337 e. The molecule has 2 aliphatic carbocycles. The summed E-state index contributed by atoms with van der Waals surface area (Å²) in [6.45, 7) is 3.99. The number of likely N-dealkylation sites (tertiary alicyclic amines) is 1. The van der Waals surface area contributed by atoms with Crippen LogP contribution in [0.15, 0.2) is 0 Å². The number of carbonyl (C=O) groups is 1. The molecule has 1 aromatic rings. The van der Waals surface area contributed by atoms with Gasteiger partial charge in [-0.1, -0.05) is 11.4 Å². The number of nitrogens with zero attached hydrogens (tertiary/aromatic N) is 3. The lowest BCUT2D eigenvalue weighted by atomic mass is 9.82. The Labute approximate surface area is 117 Å². The lowest BCUT2D eigenvalue weighted by Gasteiger charge is -2.22. The van der Waals surface area contributed by atoms with E-state index in [2.05, 4.69) is 14.5 Å². The third-order valence-electron chi connectivity index (χ3n) is 5.51. The molecule has 0 N–H and O–H groups in total. The lowest BCUT2D eigenvalue weighted by Crippen LogP contribution is -2.30. The van der Waals surface area contributed by atoms with Crippen LogP contribution in [0.2, 0.25) is 0 Å². The second-order valence-electron chi connectivity index (χ2n) is 6.27. The molecule has 4 rings (SSSR count). The van der Waals surface area contributed by atoms with E-state index in [0.29, 0.717) is 0 Å². The van der Waals surface area contributed by atoms with Crippen LogP contribution in [0.3, 0.4) is 0 Å². The van der Waals surface area contributed by atoms with E-state index in [0.717, 1.165) is 53.8 Å². The number of hydrogen-bond donors (Lipinski definition) is 0. The predicted octanol–water partition coefficient (Wildman–Crippen LogP) is 2.22. The maximum Gasteiger partial charge on any atom is 0.267 e. The lowest BCUT2D eigenvalue weighted by molar-refractivity contribution is 0.0780. The number of rotatable bonds is 2. The highest BCUT2D eigenvalue weighted by Crippen LogP contribution is 2.55. The van der Waals surface area contributed by atoms with Crippen molar-refractivity contribution in [2.45, 2.75) is 32.6 Å². The van der Waals surface area contributed by atoms with Crippen molar-refractivity contribution in [1.82, 2.24) is 14.5 Å². The topological polar surface area (TPSA) is 46.1 Å². The molecule has 1 aliphatic heterocycles. The van der Waals surface area contributed by atoms with Crippen LogP contribution < -0.4 is 0 Å². The molecule has 19 heavy (non-hydrogen) atoms. The van der Waals surface area contributed by atoms with Gasteiger partial charge in [0.25, 0.3) is 5.91 Å². The van der Waals surface area contributed by atoms with E-state index in [-0.39, 0.29) is 5.91 Å². The fourth-order valence-corrected chi connectivity index (χ4v) is 5.31. The Morgan fingerprint density at radius 3 is 2.63 bits per heavy atom. The molecule has 1 aromatic heterocycles. The Balaban J connectivity index is 1.54. The van der Waals surface area contributed by atoms with Crippen molar-refractivity contribution >= 4 is 17.4 Å². The van der Waals surface area contributed by atoms with E-state index in [1.165, 1.54) is 30.8 Å². The maximum absolute atomic E-state index is 12.6. The smallest absolute Gasteiger partial charge is 0.267 e. The average molecular weight is 277 g/mol. The summed E-state index contributed by atoms with van der Waals surface area (Å²) in [7, 11) is 0. The van der Waals surface area contributed by atoms with Crippen molar-refractivity contribution in [3.05, 3.63) is 10.6 Å². The molecular weight excluding hydrogens is 258 g/mol. The van der Waals surface area contributed by atoms with Crippen molar-refractivity contribution in [3.63, 3.8) is 0 Å². The number of aryl methyl sites for hydroxylation is 1. The van der Waals surface area contributed by atoms with Crippen LogP contribution in [0.5, 0.6) is 0 Å². The summed E-state index contributed by atoms with van der Waals surface area (Å²) in [4.78, 5) is 15.5. The van der Waals surface area contributed by atoms with Gasteiger partial charge in [-0.2, -0.15) is 0 Å².